The number of aliphatic hydroxyl groups excluding tert-OH is 1. The molecular formula is C11H17NO2. The highest BCUT2D eigenvalue weighted by Crippen LogP contribution is 2.08. The van der Waals surface area contributed by atoms with Crippen LogP contribution in [0, 0.1) is 5.92 Å². The highest BCUT2D eigenvalue weighted by atomic mass is 16.3. The first kappa shape index (κ1) is 11.0. The maximum Gasteiger partial charge on any atom is 0.250 e. The zero-order valence-electron chi connectivity index (χ0n) is 8.68. The minimum absolute atomic E-state index is 0.0603. The Kier molecular flexibility index (Phi) is 3.89. The quantitative estimate of drug-likeness (QED) is 0.785. The summed E-state index contributed by atoms with van der Waals surface area (Å²) in [6.07, 6.45) is 2.18. The minimum Gasteiger partial charge on any atom is -0.391 e. The number of aliphatic hydroxyl groups is 1. The monoisotopic (exact) mass is 195 g/mol. The molecule has 3 heteroatoms. The smallest absolute Gasteiger partial charge is 0.250 e. The average molecular weight is 195 g/mol. The van der Waals surface area contributed by atoms with Crippen molar-refractivity contribution in [1.82, 2.24) is 4.57 Å². The second-order valence-electron chi connectivity index (χ2n) is 3.64. The molecule has 14 heavy (non-hydrogen) atoms. The lowest BCUT2D eigenvalue weighted by Gasteiger charge is -2.17. The average Bonchev–Trinajstić information content (AvgIpc) is 2.20. The number of rotatable bonds is 4. The predicted molar refractivity (Wildman–Crippen MR) is 56.2 cm³/mol. The summed E-state index contributed by atoms with van der Waals surface area (Å²) in [5, 5.41) is 9.74. The maximum atomic E-state index is 11.3. The Morgan fingerprint density at radius 3 is 2.79 bits per heavy atom. The SMILES string of the molecule is CCC(C)C(O)Cn1ccccc1=O. The Morgan fingerprint density at radius 2 is 2.21 bits per heavy atom. The van der Waals surface area contributed by atoms with E-state index in [1.807, 2.05) is 13.8 Å². The standard InChI is InChI=1S/C11H17NO2/c1-3-9(2)10(13)8-12-7-5-4-6-11(12)14/h4-7,9-10,13H,3,8H2,1-2H3. The lowest BCUT2D eigenvalue weighted by Crippen LogP contribution is -2.29. The van der Waals surface area contributed by atoms with E-state index >= 15 is 0 Å². The summed E-state index contributed by atoms with van der Waals surface area (Å²) in [6, 6.07) is 5.00. The molecule has 1 heterocycles. The van der Waals surface area contributed by atoms with E-state index < -0.39 is 6.10 Å². The van der Waals surface area contributed by atoms with Gasteiger partial charge in [-0.25, -0.2) is 0 Å². The molecular weight excluding hydrogens is 178 g/mol. The van der Waals surface area contributed by atoms with Crippen LogP contribution in [0.3, 0.4) is 0 Å². The molecule has 1 rings (SSSR count). The molecule has 0 saturated heterocycles. The van der Waals surface area contributed by atoms with Crippen molar-refractivity contribution in [1.29, 1.82) is 0 Å². The summed E-state index contributed by atoms with van der Waals surface area (Å²) in [5.41, 5.74) is -0.0603. The van der Waals surface area contributed by atoms with Gasteiger partial charge in [0.25, 0.3) is 5.56 Å². The Hall–Kier alpha value is -1.09. The molecule has 1 N–H and O–H groups in total. The third-order valence-electron chi connectivity index (χ3n) is 2.58. The topological polar surface area (TPSA) is 42.2 Å². The van der Waals surface area contributed by atoms with Crippen LogP contribution in [0.5, 0.6) is 0 Å². The summed E-state index contributed by atoms with van der Waals surface area (Å²) < 4.78 is 1.54. The van der Waals surface area contributed by atoms with Gasteiger partial charge in [-0.1, -0.05) is 26.3 Å². The molecule has 78 valence electrons. The molecule has 0 radical (unpaired) electrons. The lowest BCUT2D eigenvalue weighted by molar-refractivity contribution is 0.0955. The van der Waals surface area contributed by atoms with Gasteiger partial charge < -0.3 is 9.67 Å². The molecule has 0 aliphatic heterocycles. The molecule has 2 atom stereocenters. The van der Waals surface area contributed by atoms with E-state index in [9.17, 15) is 9.90 Å². The van der Waals surface area contributed by atoms with Crippen LogP contribution < -0.4 is 5.56 Å². The second kappa shape index (κ2) is 4.96. The molecule has 1 aromatic rings. The first-order valence-corrected chi connectivity index (χ1v) is 4.98. The van der Waals surface area contributed by atoms with Crippen LogP contribution in [-0.4, -0.2) is 15.8 Å². The van der Waals surface area contributed by atoms with Gasteiger partial charge in [0.05, 0.1) is 12.6 Å². The normalized spacial score (nSPS) is 15.1. The summed E-state index contributed by atoms with van der Waals surface area (Å²) in [6.45, 7) is 4.40. The zero-order valence-corrected chi connectivity index (χ0v) is 8.68. The van der Waals surface area contributed by atoms with E-state index in [2.05, 4.69) is 0 Å². The lowest BCUT2D eigenvalue weighted by atomic mass is 10.0. The molecule has 0 aliphatic rings. The van der Waals surface area contributed by atoms with Crippen LogP contribution in [0.2, 0.25) is 0 Å². The van der Waals surface area contributed by atoms with Gasteiger partial charge in [-0.2, -0.15) is 0 Å². The van der Waals surface area contributed by atoms with Crippen LogP contribution in [0.4, 0.5) is 0 Å². The van der Waals surface area contributed by atoms with Crippen LogP contribution in [0.1, 0.15) is 20.3 Å². The highest BCUT2D eigenvalue weighted by molar-refractivity contribution is 4.93. The number of hydrogen-bond donors (Lipinski definition) is 1. The van der Waals surface area contributed by atoms with Gasteiger partial charge in [-0.3, -0.25) is 4.79 Å². The van der Waals surface area contributed by atoms with Gasteiger partial charge in [-0.05, 0) is 12.0 Å². The molecule has 0 amide bonds. The fraction of sp³-hybridized carbons (Fsp3) is 0.545. The summed E-state index contributed by atoms with van der Waals surface area (Å²) in [7, 11) is 0. The molecule has 0 fully saturated rings. The van der Waals surface area contributed by atoms with Gasteiger partial charge in [-0.15, -0.1) is 0 Å². The Balaban J connectivity index is 2.69. The van der Waals surface area contributed by atoms with Gasteiger partial charge in [0, 0.05) is 12.3 Å². The Labute approximate surface area is 84.0 Å². The Morgan fingerprint density at radius 1 is 1.50 bits per heavy atom. The van der Waals surface area contributed by atoms with Crippen molar-refractivity contribution in [2.45, 2.75) is 32.9 Å². The predicted octanol–water partition coefficient (Wildman–Crippen LogP) is 1.26. The molecule has 0 bridgehead atoms. The minimum atomic E-state index is -0.444. The van der Waals surface area contributed by atoms with E-state index in [0.717, 1.165) is 6.42 Å². The number of pyridine rings is 1. The molecule has 3 nitrogen and oxygen atoms in total. The van der Waals surface area contributed by atoms with E-state index in [0.29, 0.717) is 6.54 Å². The molecule has 0 aromatic carbocycles. The number of aromatic nitrogens is 1. The number of hydrogen-bond acceptors (Lipinski definition) is 2. The summed E-state index contributed by atoms with van der Waals surface area (Å²) >= 11 is 0. The van der Waals surface area contributed by atoms with E-state index in [-0.39, 0.29) is 11.5 Å². The van der Waals surface area contributed by atoms with E-state index in [4.69, 9.17) is 0 Å². The fourth-order valence-corrected chi connectivity index (χ4v) is 1.27. The molecule has 0 spiro atoms. The first-order valence-electron chi connectivity index (χ1n) is 4.98. The van der Waals surface area contributed by atoms with Crippen LogP contribution in [-0.2, 0) is 6.54 Å². The first-order chi connectivity index (χ1) is 6.65. The van der Waals surface area contributed by atoms with Gasteiger partial charge in [0.15, 0.2) is 0 Å². The molecule has 0 saturated carbocycles. The van der Waals surface area contributed by atoms with Crippen LogP contribution in [0.15, 0.2) is 29.2 Å². The molecule has 0 aliphatic carbocycles. The van der Waals surface area contributed by atoms with Crippen molar-refractivity contribution < 1.29 is 5.11 Å². The van der Waals surface area contributed by atoms with Crippen molar-refractivity contribution in [3.63, 3.8) is 0 Å². The van der Waals surface area contributed by atoms with Crippen molar-refractivity contribution in [2.75, 3.05) is 0 Å². The number of nitrogens with zero attached hydrogens (tertiary/aromatic N) is 1. The Bertz CT molecular complexity index is 332. The van der Waals surface area contributed by atoms with Crippen LogP contribution >= 0.6 is 0 Å². The zero-order chi connectivity index (χ0) is 10.6. The fourth-order valence-electron chi connectivity index (χ4n) is 1.27. The van der Waals surface area contributed by atoms with Gasteiger partial charge in [0.2, 0.25) is 0 Å². The van der Waals surface area contributed by atoms with E-state index in [1.54, 1.807) is 18.3 Å². The molecule has 1 aromatic heterocycles. The van der Waals surface area contributed by atoms with Crippen molar-refractivity contribution in [3.05, 3.63) is 34.7 Å². The van der Waals surface area contributed by atoms with Crippen molar-refractivity contribution in [3.8, 4) is 0 Å². The van der Waals surface area contributed by atoms with E-state index in [1.165, 1.54) is 10.6 Å². The third-order valence-corrected chi connectivity index (χ3v) is 2.58. The summed E-state index contributed by atoms with van der Waals surface area (Å²) in [4.78, 5) is 11.3. The highest BCUT2D eigenvalue weighted by Gasteiger charge is 2.12. The largest absolute Gasteiger partial charge is 0.391 e. The van der Waals surface area contributed by atoms with Gasteiger partial charge >= 0.3 is 0 Å². The van der Waals surface area contributed by atoms with Crippen LogP contribution in [0.25, 0.3) is 0 Å². The van der Waals surface area contributed by atoms with Crippen molar-refractivity contribution >= 4 is 0 Å². The van der Waals surface area contributed by atoms with Crippen molar-refractivity contribution in [2.24, 2.45) is 5.92 Å². The summed E-state index contributed by atoms with van der Waals surface area (Å²) in [5.74, 6) is 0.224. The molecule has 2 unspecified atom stereocenters. The maximum absolute atomic E-state index is 11.3. The second-order valence-corrected chi connectivity index (χ2v) is 3.64. The third kappa shape index (κ3) is 2.70. The van der Waals surface area contributed by atoms with Gasteiger partial charge in [0.1, 0.15) is 0 Å².